The van der Waals surface area contributed by atoms with Gasteiger partial charge in [-0.25, -0.2) is 0 Å². The number of hydrogen-bond donors (Lipinski definition) is 2. The van der Waals surface area contributed by atoms with Crippen LogP contribution >= 0.6 is 0 Å². The topological polar surface area (TPSA) is 50.7 Å². The molecule has 0 saturated carbocycles. The third kappa shape index (κ3) is 13.3. The highest BCUT2D eigenvalue weighted by atomic mass is 16.5. The normalized spacial score (nSPS) is 11.9. The van der Waals surface area contributed by atoms with Crippen LogP contribution < -0.4 is 5.32 Å². The molecule has 100 valence electrons. The van der Waals surface area contributed by atoms with E-state index in [1.807, 2.05) is 0 Å². The molecule has 0 aromatic heterocycles. The Labute approximate surface area is 105 Å². The predicted octanol–water partition coefficient (Wildman–Crippen LogP) is 0.793. The van der Waals surface area contributed by atoms with Crippen molar-refractivity contribution in [3.63, 3.8) is 0 Å². The fourth-order valence-corrected chi connectivity index (χ4v) is 1.22. The van der Waals surface area contributed by atoms with Gasteiger partial charge in [0.25, 0.3) is 0 Å². The molecule has 0 aliphatic rings. The largest absolute Gasteiger partial charge is 0.379 e. The molecule has 2 N–H and O–H groups in total. The van der Waals surface area contributed by atoms with Gasteiger partial charge in [-0.2, -0.15) is 0 Å². The first kappa shape index (κ1) is 16.4. The Morgan fingerprint density at radius 3 is 2.53 bits per heavy atom. The van der Waals surface area contributed by atoms with Crippen LogP contribution in [0.25, 0.3) is 0 Å². The molecule has 0 amide bonds. The smallest absolute Gasteiger partial charge is 0.127 e. The van der Waals surface area contributed by atoms with Crippen molar-refractivity contribution in [2.75, 3.05) is 39.5 Å². The van der Waals surface area contributed by atoms with Crippen LogP contribution in [-0.4, -0.2) is 50.7 Å². The minimum absolute atomic E-state index is 0.514. The van der Waals surface area contributed by atoms with Gasteiger partial charge in [0.15, 0.2) is 0 Å². The molecule has 0 aromatic carbocycles. The molecule has 1 atom stereocenters. The minimum Gasteiger partial charge on any atom is -0.379 e. The molecule has 1 unspecified atom stereocenters. The van der Waals surface area contributed by atoms with Crippen LogP contribution in [0.2, 0.25) is 0 Å². The molecule has 0 heterocycles. The number of ether oxygens (including phenoxy) is 2. The van der Waals surface area contributed by atoms with Gasteiger partial charge in [-0.3, -0.25) is 0 Å². The van der Waals surface area contributed by atoms with Crippen LogP contribution in [0.15, 0.2) is 0 Å². The second-order valence-corrected chi connectivity index (χ2v) is 3.69. The third-order valence-corrected chi connectivity index (χ3v) is 2.01. The van der Waals surface area contributed by atoms with E-state index in [1.165, 1.54) is 0 Å². The van der Waals surface area contributed by atoms with E-state index in [0.29, 0.717) is 19.8 Å². The zero-order chi connectivity index (χ0) is 12.8. The lowest BCUT2D eigenvalue weighted by molar-refractivity contribution is 0.0471. The van der Waals surface area contributed by atoms with Gasteiger partial charge in [0.1, 0.15) is 6.10 Å². The highest BCUT2D eigenvalue weighted by Gasteiger charge is 1.96. The Bertz CT molecular complexity index is 210. The maximum Gasteiger partial charge on any atom is 0.127 e. The standard InChI is InChI=1S/C13H25NO3/c1-3-6-13(15)12-14-7-5-9-17-11-10-16-8-4-2/h13-15H,4-5,7-12H2,1-2H3. The van der Waals surface area contributed by atoms with E-state index in [2.05, 4.69) is 24.1 Å². The van der Waals surface area contributed by atoms with E-state index in [-0.39, 0.29) is 0 Å². The van der Waals surface area contributed by atoms with Gasteiger partial charge in [0.2, 0.25) is 0 Å². The Morgan fingerprint density at radius 1 is 1.18 bits per heavy atom. The van der Waals surface area contributed by atoms with Crippen molar-refractivity contribution in [3.8, 4) is 11.8 Å². The summed E-state index contributed by atoms with van der Waals surface area (Å²) in [4.78, 5) is 0. The summed E-state index contributed by atoms with van der Waals surface area (Å²) in [5.41, 5.74) is 0. The van der Waals surface area contributed by atoms with Gasteiger partial charge in [-0.1, -0.05) is 12.8 Å². The molecule has 0 aliphatic heterocycles. The minimum atomic E-state index is -0.566. The molecular weight excluding hydrogens is 218 g/mol. The number of nitrogens with one attached hydrogen (secondary N) is 1. The molecule has 17 heavy (non-hydrogen) atoms. The zero-order valence-electron chi connectivity index (χ0n) is 11.0. The van der Waals surface area contributed by atoms with Gasteiger partial charge >= 0.3 is 0 Å². The van der Waals surface area contributed by atoms with E-state index >= 15 is 0 Å². The number of aliphatic hydroxyl groups excluding tert-OH is 1. The maximum atomic E-state index is 9.29. The summed E-state index contributed by atoms with van der Waals surface area (Å²) in [6, 6.07) is 0. The zero-order valence-corrected chi connectivity index (χ0v) is 11.0. The maximum absolute atomic E-state index is 9.29. The first-order valence-corrected chi connectivity index (χ1v) is 6.27. The van der Waals surface area contributed by atoms with Gasteiger partial charge < -0.3 is 19.9 Å². The molecule has 0 radical (unpaired) electrons. The Balaban J connectivity index is 3.05. The first-order valence-electron chi connectivity index (χ1n) is 6.27. The summed E-state index contributed by atoms with van der Waals surface area (Å²) >= 11 is 0. The van der Waals surface area contributed by atoms with Crippen molar-refractivity contribution in [2.45, 2.75) is 32.8 Å². The van der Waals surface area contributed by atoms with Gasteiger partial charge in [-0.05, 0) is 26.3 Å². The van der Waals surface area contributed by atoms with Crippen LogP contribution in [0, 0.1) is 11.8 Å². The predicted molar refractivity (Wildman–Crippen MR) is 68.9 cm³/mol. The van der Waals surface area contributed by atoms with Crippen molar-refractivity contribution in [1.82, 2.24) is 5.32 Å². The third-order valence-electron chi connectivity index (χ3n) is 2.01. The Kier molecular flexibility index (Phi) is 13.0. The fraction of sp³-hybridized carbons (Fsp3) is 0.846. The van der Waals surface area contributed by atoms with E-state index in [4.69, 9.17) is 9.47 Å². The van der Waals surface area contributed by atoms with Crippen molar-refractivity contribution < 1.29 is 14.6 Å². The molecule has 0 saturated heterocycles. The average molecular weight is 243 g/mol. The molecule has 4 nitrogen and oxygen atoms in total. The quantitative estimate of drug-likeness (QED) is 0.416. The van der Waals surface area contributed by atoms with Crippen LogP contribution in [0.4, 0.5) is 0 Å². The van der Waals surface area contributed by atoms with Crippen LogP contribution in [-0.2, 0) is 9.47 Å². The number of aliphatic hydroxyl groups is 1. The monoisotopic (exact) mass is 243 g/mol. The lowest BCUT2D eigenvalue weighted by atomic mass is 10.3. The first-order chi connectivity index (χ1) is 8.31. The molecular formula is C13H25NO3. The van der Waals surface area contributed by atoms with Crippen LogP contribution in [0.1, 0.15) is 26.7 Å². The summed E-state index contributed by atoms with van der Waals surface area (Å²) in [6.07, 6.45) is 1.41. The van der Waals surface area contributed by atoms with Gasteiger partial charge in [0.05, 0.1) is 13.2 Å². The Morgan fingerprint density at radius 2 is 1.88 bits per heavy atom. The summed E-state index contributed by atoms with van der Waals surface area (Å²) < 4.78 is 10.7. The van der Waals surface area contributed by atoms with E-state index in [0.717, 1.165) is 32.6 Å². The molecule has 0 aromatic rings. The lowest BCUT2D eigenvalue weighted by Crippen LogP contribution is -2.27. The van der Waals surface area contributed by atoms with Crippen molar-refractivity contribution >= 4 is 0 Å². The SMILES string of the molecule is CC#CC(O)CNCCCOCCOCCC. The molecule has 0 fully saturated rings. The summed E-state index contributed by atoms with van der Waals surface area (Å²) in [5, 5.41) is 12.4. The molecule has 0 aliphatic carbocycles. The molecule has 4 heteroatoms. The van der Waals surface area contributed by atoms with E-state index in [9.17, 15) is 5.11 Å². The number of hydrogen-bond acceptors (Lipinski definition) is 4. The van der Waals surface area contributed by atoms with Gasteiger partial charge in [0, 0.05) is 19.8 Å². The fourth-order valence-electron chi connectivity index (χ4n) is 1.22. The summed E-state index contributed by atoms with van der Waals surface area (Å²) in [5.74, 6) is 5.35. The Hall–Kier alpha value is -0.600. The van der Waals surface area contributed by atoms with Gasteiger partial charge in [-0.15, -0.1) is 5.92 Å². The second kappa shape index (κ2) is 13.5. The van der Waals surface area contributed by atoms with E-state index in [1.54, 1.807) is 6.92 Å². The average Bonchev–Trinajstić information content (AvgIpc) is 2.32. The highest BCUT2D eigenvalue weighted by molar-refractivity contribution is 5.02. The number of rotatable bonds is 11. The van der Waals surface area contributed by atoms with Crippen molar-refractivity contribution in [2.24, 2.45) is 0 Å². The van der Waals surface area contributed by atoms with E-state index < -0.39 is 6.10 Å². The van der Waals surface area contributed by atoms with Crippen LogP contribution in [0.3, 0.4) is 0 Å². The highest BCUT2D eigenvalue weighted by Crippen LogP contribution is 1.85. The molecule has 0 rings (SSSR count). The lowest BCUT2D eigenvalue weighted by Gasteiger charge is -2.07. The van der Waals surface area contributed by atoms with Crippen molar-refractivity contribution in [1.29, 1.82) is 0 Å². The van der Waals surface area contributed by atoms with Crippen molar-refractivity contribution in [3.05, 3.63) is 0 Å². The molecule has 0 spiro atoms. The summed E-state index contributed by atoms with van der Waals surface area (Å²) in [6.45, 7) is 8.01. The molecule has 0 bridgehead atoms. The van der Waals surface area contributed by atoms with Crippen LogP contribution in [0.5, 0.6) is 0 Å². The second-order valence-electron chi connectivity index (χ2n) is 3.69. The summed E-state index contributed by atoms with van der Waals surface area (Å²) in [7, 11) is 0.